The molecule has 2 aromatic carbocycles. The van der Waals surface area contributed by atoms with Crippen molar-refractivity contribution in [2.45, 2.75) is 6.17 Å². The molecule has 0 radical (unpaired) electrons. The van der Waals surface area contributed by atoms with Gasteiger partial charge in [-0.1, -0.05) is 30.3 Å². The van der Waals surface area contributed by atoms with Crippen molar-refractivity contribution < 1.29 is 4.79 Å². The SMILES string of the molecule is O=C1N[C@H](c2c[nH]c3ccccc23)Nc2ccccc21. The molecular weight excluding hydrogens is 250 g/mol. The highest BCUT2D eigenvalue weighted by atomic mass is 16.2. The van der Waals surface area contributed by atoms with E-state index < -0.39 is 0 Å². The van der Waals surface area contributed by atoms with E-state index >= 15 is 0 Å². The number of aromatic nitrogens is 1. The summed E-state index contributed by atoms with van der Waals surface area (Å²) >= 11 is 0. The van der Waals surface area contributed by atoms with E-state index in [1.807, 2.05) is 48.7 Å². The number of benzene rings is 2. The monoisotopic (exact) mass is 263 g/mol. The molecule has 20 heavy (non-hydrogen) atoms. The number of nitrogens with one attached hydrogen (secondary N) is 3. The van der Waals surface area contributed by atoms with Crippen molar-refractivity contribution >= 4 is 22.5 Å². The summed E-state index contributed by atoms with van der Waals surface area (Å²) in [6.45, 7) is 0. The molecule has 4 nitrogen and oxygen atoms in total. The van der Waals surface area contributed by atoms with Crippen molar-refractivity contribution in [3.05, 3.63) is 65.9 Å². The Labute approximate surface area is 115 Å². The molecule has 0 fully saturated rings. The van der Waals surface area contributed by atoms with Crippen LogP contribution in [0.25, 0.3) is 10.9 Å². The zero-order valence-corrected chi connectivity index (χ0v) is 10.7. The van der Waals surface area contributed by atoms with Gasteiger partial charge in [-0.15, -0.1) is 0 Å². The molecule has 1 amide bonds. The van der Waals surface area contributed by atoms with Crippen LogP contribution in [0.1, 0.15) is 22.1 Å². The lowest BCUT2D eigenvalue weighted by atomic mass is 10.1. The summed E-state index contributed by atoms with van der Waals surface area (Å²) in [6.07, 6.45) is 1.73. The molecule has 1 atom stereocenters. The zero-order valence-electron chi connectivity index (χ0n) is 10.7. The number of rotatable bonds is 1. The van der Waals surface area contributed by atoms with E-state index in [9.17, 15) is 4.79 Å². The molecule has 0 saturated heterocycles. The molecule has 2 heterocycles. The third-order valence-corrected chi connectivity index (χ3v) is 3.68. The minimum Gasteiger partial charge on any atom is -0.361 e. The molecule has 4 rings (SSSR count). The average Bonchev–Trinajstić information content (AvgIpc) is 2.91. The second kappa shape index (κ2) is 4.13. The number of hydrogen-bond acceptors (Lipinski definition) is 2. The summed E-state index contributed by atoms with van der Waals surface area (Å²) in [5.41, 5.74) is 3.66. The van der Waals surface area contributed by atoms with Gasteiger partial charge < -0.3 is 15.6 Å². The third kappa shape index (κ3) is 1.58. The summed E-state index contributed by atoms with van der Waals surface area (Å²) in [5, 5.41) is 7.48. The standard InChI is InChI=1S/C16H13N3O/c20-16-11-6-2-4-8-14(11)18-15(19-16)12-9-17-13-7-3-1-5-10(12)13/h1-9,15,17-18H,(H,19,20)/t15-/m1/s1. The lowest BCUT2D eigenvalue weighted by Crippen LogP contribution is -2.38. The van der Waals surface area contributed by atoms with Gasteiger partial charge in [-0.25, -0.2) is 0 Å². The largest absolute Gasteiger partial charge is 0.361 e. The van der Waals surface area contributed by atoms with Gasteiger partial charge in [0.1, 0.15) is 6.17 Å². The number of amides is 1. The van der Waals surface area contributed by atoms with Gasteiger partial charge >= 0.3 is 0 Å². The Kier molecular flexibility index (Phi) is 2.29. The Bertz CT molecular complexity index is 806. The van der Waals surface area contributed by atoms with Gasteiger partial charge in [0.05, 0.1) is 5.56 Å². The van der Waals surface area contributed by atoms with Crippen LogP contribution in [0, 0.1) is 0 Å². The summed E-state index contributed by atoms with van der Waals surface area (Å²) in [4.78, 5) is 15.4. The second-order valence-corrected chi connectivity index (χ2v) is 4.89. The number of para-hydroxylation sites is 2. The van der Waals surface area contributed by atoms with Crippen LogP contribution in [0.5, 0.6) is 0 Å². The average molecular weight is 263 g/mol. The molecule has 1 aromatic heterocycles. The minimum absolute atomic E-state index is 0.0466. The minimum atomic E-state index is -0.214. The Hall–Kier alpha value is -2.75. The van der Waals surface area contributed by atoms with Crippen molar-refractivity contribution in [2.24, 2.45) is 0 Å². The number of hydrogen-bond donors (Lipinski definition) is 3. The van der Waals surface area contributed by atoms with Gasteiger partial charge in [-0.3, -0.25) is 4.79 Å². The van der Waals surface area contributed by atoms with E-state index in [0.29, 0.717) is 5.56 Å². The predicted molar refractivity (Wildman–Crippen MR) is 78.6 cm³/mol. The smallest absolute Gasteiger partial charge is 0.255 e. The maximum Gasteiger partial charge on any atom is 0.255 e. The normalized spacial score (nSPS) is 17.4. The molecule has 0 bridgehead atoms. The van der Waals surface area contributed by atoms with Gasteiger partial charge in [0.25, 0.3) is 5.91 Å². The molecule has 0 saturated carbocycles. The summed E-state index contributed by atoms with van der Waals surface area (Å²) < 4.78 is 0. The molecular formula is C16H13N3O. The summed E-state index contributed by atoms with van der Waals surface area (Å²) in [5.74, 6) is -0.0466. The number of fused-ring (bicyclic) bond motifs is 2. The molecule has 3 N–H and O–H groups in total. The fraction of sp³-hybridized carbons (Fsp3) is 0.0625. The first kappa shape index (κ1) is 11.1. The van der Waals surface area contributed by atoms with Crippen LogP contribution in [0.15, 0.2) is 54.7 Å². The van der Waals surface area contributed by atoms with Crippen LogP contribution in [-0.2, 0) is 0 Å². The Balaban J connectivity index is 1.80. The van der Waals surface area contributed by atoms with Crippen LogP contribution in [-0.4, -0.2) is 10.9 Å². The van der Waals surface area contributed by atoms with Gasteiger partial charge in [0.15, 0.2) is 0 Å². The van der Waals surface area contributed by atoms with Crippen LogP contribution < -0.4 is 10.6 Å². The van der Waals surface area contributed by atoms with Gasteiger partial charge in [-0.2, -0.15) is 0 Å². The van der Waals surface area contributed by atoms with Crippen molar-refractivity contribution in [2.75, 3.05) is 5.32 Å². The highest BCUT2D eigenvalue weighted by molar-refractivity contribution is 6.02. The Morgan fingerprint density at radius 1 is 0.900 bits per heavy atom. The quantitative estimate of drug-likeness (QED) is 0.632. The maximum absolute atomic E-state index is 12.2. The van der Waals surface area contributed by atoms with Crippen molar-refractivity contribution in [1.29, 1.82) is 0 Å². The number of aromatic amines is 1. The van der Waals surface area contributed by atoms with Gasteiger partial charge in [-0.05, 0) is 18.2 Å². The molecule has 0 aliphatic carbocycles. The van der Waals surface area contributed by atoms with Crippen LogP contribution in [0.3, 0.4) is 0 Å². The second-order valence-electron chi connectivity index (χ2n) is 4.89. The van der Waals surface area contributed by atoms with E-state index in [4.69, 9.17) is 0 Å². The van der Waals surface area contributed by atoms with Crippen molar-refractivity contribution in [3.8, 4) is 0 Å². The van der Waals surface area contributed by atoms with E-state index in [1.165, 1.54) is 0 Å². The van der Waals surface area contributed by atoms with Crippen LogP contribution in [0.2, 0.25) is 0 Å². The third-order valence-electron chi connectivity index (χ3n) is 3.68. The summed E-state index contributed by atoms with van der Waals surface area (Å²) in [7, 11) is 0. The molecule has 1 aliphatic rings. The number of anilines is 1. The molecule has 3 aromatic rings. The van der Waals surface area contributed by atoms with Gasteiger partial charge in [0.2, 0.25) is 0 Å². The molecule has 98 valence electrons. The molecule has 1 aliphatic heterocycles. The van der Waals surface area contributed by atoms with Crippen LogP contribution in [0.4, 0.5) is 5.69 Å². The van der Waals surface area contributed by atoms with E-state index in [1.54, 1.807) is 0 Å². The number of carbonyl (C=O) groups excluding carboxylic acids is 1. The van der Waals surface area contributed by atoms with Crippen molar-refractivity contribution in [3.63, 3.8) is 0 Å². The molecule has 4 heteroatoms. The maximum atomic E-state index is 12.2. The lowest BCUT2D eigenvalue weighted by Gasteiger charge is -2.27. The zero-order chi connectivity index (χ0) is 13.5. The topological polar surface area (TPSA) is 56.9 Å². The first-order valence-electron chi connectivity index (χ1n) is 6.55. The first-order chi connectivity index (χ1) is 9.83. The molecule has 0 unspecified atom stereocenters. The number of carbonyl (C=O) groups is 1. The molecule has 0 spiro atoms. The fourth-order valence-electron chi connectivity index (χ4n) is 2.70. The summed E-state index contributed by atoms with van der Waals surface area (Å²) in [6, 6.07) is 15.6. The van der Waals surface area contributed by atoms with E-state index in [2.05, 4.69) is 21.7 Å². The van der Waals surface area contributed by atoms with Gasteiger partial charge in [0, 0.05) is 28.4 Å². The van der Waals surface area contributed by atoms with E-state index in [-0.39, 0.29) is 12.1 Å². The highest BCUT2D eigenvalue weighted by Crippen LogP contribution is 2.30. The number of H-pyrrole nitrogens is 1. The first-order valence-corrected chi connectivity index (χ1v) is 6.55. The highest BCUT2D eigenvalue weighted by Gasteiger charge is 2.25. The van der Waals surface area contributed by atoms with E-state index in [0.717, 1.165) is 22.2 Å². The Morgan fingerprint density at radius 2 is 1.70 bits per heavy atom. The Morgan fingerprint density at radius 3 is 2.65 bits per heavy atom. The van der Waals surface area contributed by atoms with Crippen molar-refractivity contribution in [1.82, 2.24) is 10.3 Å². The lowest BCUT2D eigenvalue weighted by molar-refractivity contribution is 0.0936. The van der Waals surface area contributed by atoms with Crippen LogP contribution >= 0.6 is 0 Å². The fourth-order valence-corrected chi connectivity index (χ4v) is 2.70. The predicted octanol–water partition coefficient (Wildman–Crippen LogP) is 3.02.